The third-order valence-electron chi connectivity index (χ3n) is 15.1. The van der Waals surface area contributed by atoms with Crippen LogP contribution in [0.1, 0.15) is 68.8 Å². The maximum absolute atomic E-state index is 15.3. The molecule has 12 heteroatoms. The van der Waals surface area contributed by atoms with Crippen LogP contribution in [-0.2, 0) is 45.8 Å². The molecule has 1 aromatic heterocycles. The van der Waals surface area contributed by atoms with Gasteiger partial charge in [-0.05, 0) is 67.8 Å². The maximum Gasteiger partial charge on any atom is 0.344 e. The number of nitrogens with one attached hydrogen (secondary N) is 1. The molecule has 9 atom stereocenters. The van der Waals surface area contributed by atoms with Crippen molar-refractivity contribution in [3.8, 4) is 5.75 Å². The molecule has 6 heterocycles. The zero-order valence-corrected chi connectivity index (χ0v) is 34.7. The number of rotatable bonds is 7. The van der Waals surface area contributed by atoms with E-state index in [0.29, 0.717) is 43.7 Å². The second kappa shape index (κ2) is 13.7. The van der Waals surface area contributed by atoms with Crippen LogP contribution in [-0.4, -0.2) is 123 Å². The predicted octanol–water partition coefficient (Wildman–Crippen LogP) is 4.80. The molecule has 2 aromatic carbocycles. The minimum absolute atomic E-state index is 0.0217. The molecule has 1 saturated carbocycles. The van der Waals surface area contributed by atoms with E-state index < -0.39 is 45.9 Å². The molecule has 1 saturated heterocycles. The maximum atomic E-state index is 15.3. The fraction of sp³-hybridized carbons (Fsp3) is 0.543. The highest BCUT2D eigenvalue weighted by Crippen LogP contribution is 2.68. The Kier molecular flexibility index (Phi) is 9.18. The first-order chi connectivity index (χ1) is 27.9. The van der Waals surface area contributed by atoms with Crippen LogP contribution in [0, 0.1) is 11.3 Å². The second-order valence-corrected chi connectivity index (χ2v) is 17.5. The number of benzene rings is 2. The number of likely N-dealkylation sites (N-methyl/N-ethyl adjacent to an activating group) is 1. The summed E-state index contributed by atoms with van der Waals surface area (Å²) in [5, 5.41) is 14.4. The predicted molar refractivity (Wildman–Crippen MR) is 219 cm³/mol. The number of hydrogen-bond acceptors (Lipinski definition) is 11. The number of nitrogens with zero attached hydrogens (tertiary/aromatic N) is 3. The van der Waals surface area contributed by atoms with Gasteiger partial charge in [-0.25, -0.2) is 4.79 Å². The average Bonchev–Trinajstić information content (AvgIpc) is 3.89. The van der Waals surface area contributed by atoms with Crippen LogP contribution in [0.2, 0.25) is 0 Å². The highest BCUT2D eigenvalue weighted by molar-refractivity contribution is 5.95. The number of anilines is 1. The third kappa shape index (κ3) is 4.94. The SMILES string of the molecule is CCC1=C[C@@H]2CN(CCc3c([nH]c4ccccc34)[C@](C(=O)OC)(c3cc4c(cc3OC)N(C)[C@@H]3[C@](O)(C(=O)OC)[C@@H](OC(C)=O)[C@@]5(CC)C=CCN6CC[C@@]43[C@H]65)C2)C1. The van der Waals surface area contributed by atoms with Crippen molar-refractivity contribution in [3.05, 3.63) is 82.6 Å². The van der Waals surface area contributed by atoms with Gasteiger partial charge in [-0.2, -0.15) is 0 Å². The molecule has 12 nitrogen and oxygen atoms in total. The molecule has 0 amide bonds. The van der Waals surface area contributed by atoms with Crippen LogP contribution < -0.4 is 9.64 Å². The Hall–Kier alpha value is -4.65. The molecule has 0 radical (unpaired) electrons. The largest absolute Gasteiger partial charge is 0.496 e. The minimum atomic E-state index is -2.28. The third-order valence-corrected chi connectivity index (χ3v) is 15.1. The molecule has 2 N–H and O–H groups in total. The lowest BCUT2D eigenvalue weighted by molar-refractivity contribution is -0.228. The molecule has 1 aliphatic carbocycles. The first-order valence-corrected chi connectivity index (χ1v) is 20.8. The Morgan fingerprint density at radius 1 is 1.00 bits per heavy atom. The lowest BCUT2D eigenvalue weighted by Gasteiger charge is -2.63. The summed E-state index contributed by atoms with van der Waals surface area (Å²) in [7, 11) is 6.24. The van der Waals surface area contributed by atoms with Crippen LogP contribution >= 0.6 is 0 Å². The van der Waals surface area contributed by atoms with Gasteiger partial charge in [-0.3, -0.25) is 19.4 Å². The summed E-state index contributed by atoms with van der Waals surface area (Å²) >= 11 is 0. The van der Waals surface area contributed by atoms with Gasteiger partial charge in [0.1, 0.15) is 11.2 Å². The van der Waals surface area contributed by atoms with E-state index in [1.54, 1.807) is 7.11 Å². The van der Waals surface area contributed by atoms with Gasteiger partial charge < -0.3 is 33.9 Å². The van der Waals surface area contributed by atoms with E-state index in [-0.39, 0.29) is 17.9 Å². The van der Waals surface area contributed by atoms with Crippen molar-refractivity contribution in [1.82, 2.24) is 14.8 Å². The lowest BCUT2D eigenvalue weighted by atomic mass is 9.47. The number of carbonyl (C=O) groups is 3. The quantitative estimate of drug-likeness (QED) is 0.194. The van der Waals surface area contributed by atoms with Crippen molar-refractivity contribution in [2.24, 2.45) is 11.3 Å². The van der Waals surface area contributed by atoms with Gasteiger partial charge in [0, 0.05) is 90.9 Å². The molecule has 5 aliphatic heterocycles. The number of aromatic amines is 1. The first kappa shape index (κ1) is 38.8. The zero-order chi connectivity index (χ0) is 40.9. The van der Waals surface area contributed by atoms with Crippen molar-refractivity contribution in [3.63, 3.8) is 0 Å². The number of esters is 3. The van der Waals surface area contributed by atoms with Crippen molar-refractivity contribution < 1.29 is 38.4 Å². The van der Waals surface area contributed by atoms with Gasteiger partial charge in [0.2, 0.25) is 5.60 Å². The number of methoxy groups -OCH3 is 3. The van der Waals surface area contributed by atoms with Gasteiger partial charge in [0.25, 0.3) is 0 Å². The lowest BCUT2D eigenvalue weighted by Crippen LogP contribution is -2.81. The molecule has 1 spiro atoms. The van der Waals surface area contributed by atoms with E-state index in [1.165, 1.54) is 26.7 Å². The Labute approximate surface area is 340 Å². The van der Waals surface area contributed by atoms with Gasteiger partial charge in [-0.1, -0.05) is 55.8 Å². The minimum Gasteiger partial charge on any atom is -0.496 e. The smallest absolute Gasteiger partial charge is 0.344 e. The molecule has 308 valence electrons. The normalized spacial score (nSPS) is 34.7. The summed E-state index contributed by atoms with van der Waals surface area (Å²) in [6.45, 7) is 9.44. The molecule has 9 rings (SSSR count). The first-order valence-electron chi connectivity index (χ1n) is 20.8. The van der Waals surface area contributed by atoms with Crippen molar-refractivity contribution in [2.75, 3.05) is 66.0 Å². The van der Waals surface area contributed by atoms with Gasteiger partial charge in [0.05, 0.1) is 27.4 Å². The Morgan fingerprint density at radius 2 is 1.78 bits per heavy atom. The molecule has 3 aromatic rings. The number of para-hydroxylation sites is 1. The summed E-state index contributed by atoms with van der Waals surface area (Å²) < 4.78 is 24.0. The van der Waals surface area contributed by atoms with Gasteiger partial charge in [-0.15, -0.1) is 0 Å². The van der Waals surface area contributed by atoms with Crippen molar-refractivity contribution in [1.29, 1.82) is 0 Å². The van der Waals surface area contributed by atoms with Crippen LogP contribution in [0.3, 0.4) is 0 Å². The van der Waals surface area contributed by atoms with Gasteiger partial charge >= 0.3 is 17.9 Å². The highest BCUT2D eigenvalue weighted by Gasteiger charge is 2.80. The highest BCUT2D eigenvalue weighted by atomic mass is 16.6. The number of aromatic nitrogens is 1. The van der Waals surface area contributed by atoms with E-state index in [1.807, 2.05) is 37.1 Å². The monoisotopic (exact) mass is 792 g/mol. The Balaban J connectivity index is 1.37. The van der Waals surface area contributed by atoms with Crippen molar-refractivity contribution in [2.45, 2.75) is 87.5 Å². The van der Waals surface area contributed by atoms with Crippen molar-refractivity contribution >= 4 is 34.5 Å². The Morgan fingerprint density at radius 3 is 2.48 bits per heavy atom. The van der Waals surface area contributed by atoms with E-state index in [9.17, 15) is 14.7 Å². The average molecular weight is 793 g/mol. The van der Waals surface area contributed by atoms with Crippen LogP contribution in [0.15, 0.2) is 60.2 Å². The number of hydrogen-bond donors (Lipinski definition) is 2. The van der Waals surface area contributed by atoms with E-state index in [2.05, 4.69) is 58.1 Å². The molecule has 58 heavy (non-hydrogen) atoms. The van der Waals surface area contributed by atoms with Crippen LogP contribution in [0.25, 0.3) is 10.9 Å². The van der Waals surface area contributed by atoms with E-state index in [4.69, 9.17) is 18.9 Å². The zero-order valence-electron chi connectivity index (χ0n) is 34.7. The molecule has 2 fully saturated rings. The number of carbonyl (C=O) groups excluding carboxylic acids is 3. The summed E-state index contributed by atoms with van der Waals surface area (Å²) in [5.74, 6) is -1.31. The fourth-order valence-corrected chi connectivity index (χ4v) is 13.0. The molecular weight excluding hydrogens is 737 g/mol. The molecular formula is C46H56N4O8. The number of ether oxygens (including phenoxy) is 4. The summed E-state index contributed by atoms with van der Waals surface area (Å²) in [6.07, 6.45) is 8.43. The van der Waals surface area contributed by atoms with Crippen LogP contribution in [0.4, 0.5) is 5.69 Å². The van der Waals surface area contributed by atoms with Gasteiger partial charge in [0.15, 0.2) is 6.10 Å². The second-order valence-electron chi connectivity index (χ2n) is 17.5. The number of fused-ring (bicyclic) bond motifs is 6. The standard InChI is InChI=1S/C46H56N4O8/c1-8-28-21-29-24-45(41(52)56-6,37-31(15-19-49(25-28)26-29)30-13-10-11-14-34(30)47-37)33-22-32-35(23-36(33)55-5)48(4)39-44(32)17-20-50-18-12-16-43(9-2,38(44)50)40(58-27(3)51)46(39,54)42(53)57-7/h10-14,16,21-23,29,38-40,47,54H,8-9,15,17-20,24-26H2,1-7H3/t29-,38+,39-,40-,43-,44-,45+,46+/m0/s1. The molecule has 6 aliphatic rings. The summed E-state index contributed by atoms with van der Waals surface area (Å²) in [5.41, 5.74) is 1.10. The number of aliphatic hydroxyl groups is 1. The number of H-pyrrole nitrogens is 1. The topological polar surface area (TPSA) is 134 Å². The Bertz CT molecular complexity index is 2270. The summed E-state index contributed by atoms with van der Waals surface area (Å²) in [6, 6.07) is 11.2. The van der Waals surface area contributed by atoms with Crippen LogP contribution in [0.5, 0.6) is 5.75 Å². The van der Waals surface area contributed by atoms with E-state index >= 15 is 4.79 Å². The summed E-state index contributed by atoms with van der Waals surface area (Å²) in [4.78, 5) is 53.4. The molecule has 1 unspecified atom stereocenters. The fourth-order valence-electron chi connectivity index (χ4n) is 13.0. The van der Waals surface area contributed by atoms with E-state index in [0.717, 1.165) is 65.9 Å². The molecule has 2 bridgehead atoms.